The van der Waals surface area contributed by atoms with Crippen molar-refractivity contribution in [2.45, 2.75) is 6.54 Å². The van der Waals surface area contributed by atoms with Gasteiger partial charge in [0, 0.05) is 29.8 Å². The molecule has 29 heavy (non-hydrogen) atoms. The number of rotatable bonds is 6. The molecule has 3 aromatic carbocycles. The molecule has 1 aromatic heterocycles. The van der Waals surface area contributed by atoms with Crippen molar-refractivity contribution in [1.29, 1.82) is 0 Å². The van der Waals surface area contributed by atoms with E-state index in [0.717, 1.165) is 28.0 Å². The first kappa shape index (κ1) is 18.5. The van der Waals surface area contributed by atoms with Crippen LogP contribution >= 0.6 is 0 Å². The van der Waals surface area contributed by atoms with Crippen LogP contribution in [0.4, 0.5) is 0 Å². The number of aromatic nitrogens is 1. The van der Waals surface area contributed by atoms with Crippen molar-refractivity contribution in [3.63, 3.8) is 0 Å². The lowest BCUT2D eigenvalue weighted by Gasteiger charge is -2.09. The Morgan fingerprint density at radius 1 is 0.897 bits per heavy atom. The lowest BCUT2D eigenvalue weighted by molar-refractivity contribution is 0.0951. The molecule has 0 bridgehead atoms. The summed E-state index contributed by atoms with van der Waals surface area (Å²) in [4.78, 5) is 16.7. The number of nitrogens with zero attached hydrogens (tertiary/aromatic N) is 1. The van der Waals surface area contributed by atoms with Gasteiger partial charge in [0.2, 0.25) is 0 Å². The Labute approximate surface area is 168 Å². The van der Waals surface area contributed by atoms with E-state index in [1.807, 2.05) is 72.8 Å². The number of carbonyl (C=O) groups is 1. The lowest BCUT2D eigenvalue weighted by Crippen LogP contribution is -2.22. The first-order valence-corrected chi connectivity index (χ1v) is 9.25. The van der Waals surface area contributed by atoms with Crippen LogP contribution in [-0.4, -0.2) is 18.0 Å². The number of fused-ring (bicyclic) bond motifs is 1. The summed E-state index contributed by atoms with van der Waals surface area (Å²) in [6.45, 7) is 0.434. The van der Waals surface area contributed by atoms with Crippen LogP contribution in [0.5, 0.6) is 17.2 Å². The van der Waals surface area contributed by atoms with Crippen molar-refractivity contribution in [2.24, 2.45) is 0 Å². The summed E-state index contributed by atoms with van der Waals surface area (Å²) >= 11 is 0. The third-order valence-corrected chi connectivity index (χ3v) is 4.52. The lowest BCUT2D eigenvalue weighted by atomic mass is 10.1. The smallest absolute Gasteiger partial charge is 0.251 e. The van der Waals surface area contributed by atoms with E-state index in [-0.39, 0.29) is 5.91 Å². The zero-order valence-corrected chi connectivity index (χ0v) is 16.0. The molecule has 0 aliphatic rings. The van der Waals surface area contributed by atoms with Crippen molar-refractivity contribution in [3.05, 3.63) is 96.2 Å². The molecule has 0 unspecified atom stereocenters. The molecule has 0 fully saturated rings. The predicted octanol–water partition coefficient (Wildman–Crippen LogP) is 4.97. The first-order chi connectivity index (χ1) is 14.2. The number of carbonyl (C=O) groups excluding carboxylic acids is 1. The minimum atomic E-state index is -0.118. The largest absolute Gasteiger partial charge is 0.497 e. The van der Waals surface area contributed by atoms with Gasteiger partial charge in [-0.3, -0.25) is 9.78 Å². The van der Waals surface area contributed by atoms with Gasteiger partial charge in [-0.15, -0.1) is 0 Å². The van der Waals surface area contributed by atoms with Gasteiger partial charge in [-0.25, -0.2) is 0 Å². The van der Waals surface area contributed by atoms with Gasteiger partial charge in [-0.1, -0.05) is 24.3 Å². The van der Waals surface area contributed by atoms with Crippen LogP contribution in [0.2, 0.25) is 0 Å². The van der Waals surface area contributed by atoms with Crippen LogP contribution in [0.25, 0.3) is 10.9 Å². The number of ether oxygens (including phenoxy) is 2. The summed E-state index contributed by atoms with van der Waals surface area (Å²) < 4.78 is 11.0. The van der Waals surface area contributed by atoms with Crippen molar-refractivity contribution in [2.75, 3.05) is 7.11 Å². The SMILES string of the molecule is COc1cccc(Oc2ccc(CNC(=O)c3ccc4ncccc4c3)cc2)c1. The first-order valence-electron chi connectivity index (χ1n) is 9.25. The summed E-state index contributed by atoms with van der Waals surface area (Å²) in [6, 6.07) is 24.4. The Morgan fingerprint density at radius 3 is 2.55 bits per heavy atom. The van der Waals surface area contributed by atoms with Gasteiger partial charge in [-0.05, 0) is 54.1 Å². The number of nitrogens with one attached hydrogen (secondary N) is 1. The number of pyridine rings is 1. The maximum Gasteiger partial charge on any atom is 0.251 e. The maximum absolute atomic E-state index is 12.5. The third kappa shape index (κ3) is 4.52. The van der Waals surface area contributed by atoms with E-state index >= 15 is 0 Å². The highest BCUT2D eigenvalue weighted by molar-refractivity contribution is 5.97. The van der Waals surface area contributed by atoms with Gasteiger partial charge >= 0.3 is 0 Å². The Bertz CT molecular complexity index is 1140. The Hall–Kier alpha value is -3.86. The zero-order valence-electron chi connectivity index (χ0n) is 16.0. The summed E-state index contributed by atoms with van der Waals surface area (Å²) in [6.07, 6.45) is 1.74. The number of hydrogen-bond donors (Lipinski definition) is 1. The highest BCUT2D eigenvalue weighted by atomic mass is 16.5. The third-order valence-electron chi connectivity index (χ3n) is 4.52. The summed E-state index contributed by atoms with van der Waals surface area (Å²) in [7, 11) is 1.62. The van der Waals surface area contributed by atoms with Crippen LogP contribution in [0.3, 0.4) is 0 Å². The average Bonchev–Trinajstić information content (AvgIpc) is 2.78. The molecule has 4 rings (SSSR count). The average molecular weight is 384 g/mol. The van der Waals surface area contributed by atoms with Gasteiger partial charge in [0.1, 0.15) is 17.2 Å². The molecule has 0 saturated heterocycles. The maximum atomic E-state index is 12.5. The Balaban J connectivity index is 1.37. The van der Waals surface area contributed by atoms with Crippen LogP contribution < -0.4 is 14.8 Å². The van der Waals surface area contributed by atoms with Crippen LogP contribution in [-0.2, 0) is 6.54 Å². The van der Waals surface area contributed by atoms with Gasteiger partial charge in [0.05, 0.1) is 12.6 Å². The van der Waals surface area contributed by atoms with E-state index in [2.05, 4.69) is 10.3 Å². The number of methoxy groups -OCH3 is 1. The quantitative estimate of drug-likeness (QED) is 0.510. The molecule has 0 radical (unpaired) electrons. The predicted molar refractivity (Wildman–Crippen MR) is 112 cm³/mol. The summed E-state index contributed by atoms with van der Waals surface area (Å²) in [5.41, 5.74) is 2.47. The zero-order chi connectivity index (χ0) is 20.1. The normalized spacial score (nSPS) is 10.5. The Kier molecular flexibility index (Phi) is 5.38. The van der Waals surface area contributed by atoms with Crippen LogP contribution in [0.15, 0.2) is 85.1 Å². The molecule has 5 nitrogen and oxygen atoms in total. The van der Waals surface area contributed by atoms with Gasteiger partial charge < -0.3 is 14.8 Å². The monoisotopic (exact) mass is 384 g/mol. The van der Waals surface area contributed by atoms with E-state index in [1.54, 1.807) is 19.4 Å². The van der Waals surface area contributed by atoms with Crippen LogP contribution in [0, 0.1) is 0 Å². The number of hydrogen-bond acceptors (Lipinski definition) is 4. The topological polar surface area (TPSA) is 60.5 Å². The molecular formula is C24H20N2O3. The summed E-state index contributed by atoms with van der Waals surface area (Å²) in [5.74, 6) is 2.05. The molecule has 1 amide bonds. The molecule has 1 N–H and O–H groups in total. The van der Waals surface area contributed by atoms with E-state index in [4.69, 9.17) is 9.47 Å². The minimum Gasteiger partial charge on any atom is -0.497 e. The fourth-order valence-electron chi connectivity index (χ4n) is 2.98. The molecule has 4 aromatic rings. The highest BCUT2D eigenvalue weighted by Crippen LogP contribution is 2.25. The van der Waals surface area contributed by atoms with Gasteiger partial charge in [0.25, 0.3) is 5.91 Å². The Morgan fingerprint density at radius 2 is 1.72 bits per heavy atom. The van der Waals surface area contributed by atoms with Crippen molar-refractivity contribution in [3.8, 4) is 17.2 Å². The van der Waals surface area contributed by atoms with E-state index in [1.165, 1.54) is 0 Å². The molecule has 5 heteroatoms. The number of benzene rings is 3. The van der Waals surface area contributed by atoms with Crippen molar-refractivity contribution >= 4 is 16.8 Å². The second kappa shape index (κ2) is 8.44. The molecule has 0 saturated carbocycles. The molecule has 0 aliphatic carbocycles. The van der Waals surface area contributed by atoms with E-state index < -0.39 is 0 Å². The summed E-state index contributed by atoms with van der Waals surface area (Å²) in [5, 5.41) is 3.89. The molecule has 0 spiro atoms. The molecule has 144 valence electrons. The van der Waals surface area contributed by atoms with Gasteiger partial charge in [0.15, 0.2) is 0 Å². The highest BCUT2D eigenvalue weighted by Gasteiger charge is 2.07. The molecular weight excluding hydrogens is 364 g/mol. The molecule has 1 heterocycles. The minimum absolute atomic E-state index is 0.118. The van der Waals surface area contributed by atoms with Crippen molar-refractivity contribution in [1.82, 2.24) is 10.3 Å². The number of amides is 1. The second-order valence-corrected chi connectivity index (χ2v) is 6.52. The molecule has 0 aliphatic heterocycles. The molecule has 0 atom stereocenters. The fourth-order valence-corrected chi connectivity index (χ4v) is 2.98. The van der Waals surface area contributed by atoms with E-state index in [0.29, 0.717) is 17.9 Å². The standard InChI is InChI=1S/C24H20N2O3/c1-28-21-5-2-6-22(15-21)29-20-10-7-17(8-11-20)16-26-24(27)19-9-12-23-18(14-19)4-3-13-25-23/h2-15H,16H2,1H3,(H,26,27). The fraction of sp³-hybridized carbons (Fsp3) is 0.0833. The van der Waals surface area contributed by atoms with Crippen LogP contribution in [0.1, 0.15) is 15.9 Å². The van der Waals surface area contributed by atoms with Crippen molar-refractivity contribution < 1.29 is 14.3 Å². The van der Waals surface area contributed by atoms with Gasteiger partial charge in [-0.2, -0.15) is 0 Å². The van der Waals surface area contributed by atoms with E-state index in [9.17, 15) is 4.79 Å². The second-order valence-electron chi connectivity index (χ2n) is 6.52.